The number of amides is 1. The third kappa shape index (κ3) is 2.72. The smallest absolute Gasteiger partial charge is 0.221 e. The van der Waals surface area contributed by atoms with Gasteiger partial charge in [-0.3, -0.25) is 9.69 Å². The first-order valence-electron chi connectivity index (χ1n) is 6.74. The van der Waals surface area contributed by atoms with E-state index in [4.69, 9.17) is 0 Å². The molecule has 1 unspecified atom stereocenters. The first-order valence-corrected chi connectivity index (χ1v) is 6.74. The van der Waals surface area contributed by atoms with Crippen molar-refractivity contribution in [3.8, 4) is 0 Å². The van der Waals surface area contributed by atoms with Gasteiger partial charge in [0.15, 0.2) is 0 Å². The maximum atomic E-state index is 11.2. The average molecular weight is 246 g/mol. The molecule has 0 fully saturated rings. The van der Waals surface area contributed by atoms with Gasteiger partial charge in [-0.2, -0.15) is 0 Å². The Morgan fingerprint density at radius 1 is 1.44 bits per heavy atom. The van der Waals surface area contributed by atoms with E-state index in [0.29, 0.717) is 6.04 Å². The van der Waals surface area contributed by atoms with Gasteiger partial charge >= 0.3 is 0 Å². The summed E-state index contributed by atoms with van der Waals surface area (Å²) in [5.74, 6) is 0.00320. The lowest BCUT2D eigenvalue weighted by Gasteiger charge is -2.23. The molecule has 1 aliphatic rings. The Labute approximate surface area is 109 Å². The SMILES string of the molecule is CCCC(C)N1Cc2cccc(NC(C)=O)c2C1. The van der Waals surface area contributed by atoms with Crippen LogP contribution in [0.4, 0.5) is 5.69 Å². The molecule has 1 heterocycles. The number of hydrogen-bond acceptors (Lipinski definition) is 2. The Morgan fingerprint density at radius 2 is 2.22 bits per heavy atom. The van der Waals surface area contributed by atoms with E-state index >= 15 is 0 Å². The second-order valence-electron chi connectivity index (χ2n) is 5.17. The number of anilines is 1. The maximum absolute atomic E-state index is 11.2. The van der Waals surface area contributed by atoms with Gasteiger partial charge in [-0.15, -0.1) is 0 Å². The van der Waals surface area contributed by atoms with Crippen molar-refractivity contribution < 1.29 is 4.79 Å². The minimum Gasteiger partial charge on any atom is -0.326 e. The summed E-state index contributed by atoms with van der Waals surface area (Å²) in [5.41, 5.74) is 3.62. The second kappa shape index (κ2) is 5.53. The van der Waals surface area contributed by atoms with E-state index in [1.807, 2.05) is 12.1 Å². The van der Waals surface area contributed by atoms with Gasteiger partial charge in [-0.1, -0.05) is 25.5 Å². The summed E-state index contributed by atoms with van der Waals surface area (Å²) < 4.78 is 0. The van der Waals surface area contributed by atoms with Gasteiger partial charge in [0, 0.05) is 31.7 Å². The number of carbonyl (C=O) groups is 1. The number of hydrogen-bond donors (Lipinski definition) is 1. The lowest BCUT2D eigenvalue weighted by Crippen LogP contribution is -2.27. The molecule has 1 aliphatic heterocycles. The third-order valence-electron chi connectivity index (χ3n) is 3.65. The molecule has 0 aliphatic carbocycles. The molecule has 3 heteroatoms. The molecule has 0 saturated carbocycles. The summed E-state index contributed by atoms with van der Waals surface area (Å²) >= 11 is 0. The zero-order valence-electron chi connectivity index (χ0n) is 11.5. The highest BCUT2D eigenvalue weighted by Gasteiger charge is 2.24. The normalized spacial score (nSPS) is 16.4. The number of carbonyl (C=O) groups excluding carboxylic acids is 1. The van der Waals surface area contributed by atoms with Gasteiger partial charge in [-0.25, -0.2) is 0 Å². The van der Waals surface area contributed by atoms with E-state index < -0.39 is 0 Å². The largest absolute Gasteiger partial charge is 0.326 e. The fourth-order valence-corrected chi connectivity index (χ4v) is 2.67. The lowest BCUT2D eigenvalue weighted by atomic mass is 10.1. The fraction of sp³-hybridized carbons (Fsp3) is 0.533. The predicted molar refractivity (Wildman–Crippen MR) is 74.4 cm³/mol. The van der Waals surface area contributed by atoms with Crippen LogP contribution in [0, 0.1) is 0 Å². The van der Waals surface area contributed by atoms with Crippen molar-refractivity contribution in [1.29, 1.82) is 0 Å². The number of fused-ring (bicyclic) bond motifs is 1. The van der Waals surface area contributed by atoms with Crippen LogP contribution in [-0.2, 0) is 17.9 Å². The quantitative estimate of drug-likeness (QED) is 0.885. The van der Waals surface area contributed by atoms with Crippen LogP contribution in [0.1, 0.15) is 44.7 Å². The molecule has 1 amide bonds. The summed E-state index contributed by atoms with van der Waals surface area (Å²) in [4.78, 5) is 13.7. The van der Waals surface area contributed by atoms with Gasteiger partial charge in [0.2, 0.25) is 5.91 Å². The molecule has 1 aromatic rings. The highest BCUT2D eigenvalue weighted by Crippen LogP contribution is 2.31. The molecular formula is C15H22N2O. The Balaban J connectivity index is 2.16. The number of benzene rings is 1. The minimum absolute atomic E-state index is 0.00320. The van der Waals surface area contributed by atoms with E-state index in [-0.39, 0.29) is 5.91 Å². The number of nitrogens with one attached hydrogen (secondary N) is 1. The second-order valence-corrected chi connectivity index (χ2v) is 5.17. The zero-order chi connectivity index (χ0) is 13.1. The van der Waals surface area contributed by atoms with Crippen molar-refractivity contribution in [3.63, 3.8) is 0 Å². The van der Waals surface area contributed by atoms with Crippen molar-refractivity contribution in [3.05, 3.63) is 29.3 Å². The third-order valence-corrected chi connectivity index (χ3v) is 3.65. The molecular weight excluding hydrogens is 224 g/mol. The van der Waals surface area contributed by atoms with E-state index in [0.717, 1.165) is 18.8 Å². The molecule has 0 spiro atoms. The minimum atomic E-state index is 0.00320. The average Bonchev–Trinajstić information content (AvgIpc) is 2.73. The molecule has 1 aromatic carbocycles. The maximum Gasteiger partial charge on any atom is 0.221 e. The fourth-order valence-electron chi connectivity index (χ4n) is 2.67. The van der Waals surface area contributed by atoms with Crippen LogP contribution in [0.2, 0.25) is 0 Å². The Morgan fingerprint density at radius 3 is 2.89 bits per heavy atom. The van der Waals surface area contributed by atoms with Crippen LogP contribution >= 0.6 is 0 Å². The molecule has 3 nitrogen and oxygen atoms in total. The molecule has 0 bridgehead atoms. The molecule has 98 valence electrons. The zero-order valence-corrected chi connectivity index (χ0v) is 11.5. The summed E-state index contributed by atoms with van der Waals surface area (Å²) in [6, 6.07) is 6.79. The van der Waals surface area contributed by atoms with Gasteiger partial charge in [0.05, 0.1) is 0 Å². The molecule has 0 radical (unpaired) electrons. The Hall–Kier alpha value is -1.35. The molecule has 0 aromatic heterocycles. The lowest BCUT2D eigenvalue weighted by molar-refractivity contribution is -0.114. The first-order chi connectivity index (χ1) is 8.61. The highest BCUT2D eigenvalue weighted by molar-refractivity contribution is 5.89. The standard InChI is InChI=1S/C15H22N2O/c1-4-6-11(2)17-9-13-7-5-8-15(14(13)10-17)16-12(3)18/h5,7-8,11H,4,6,9-10H2,1-3H3,(H,16,18). The van der Waals surface area contributed by atoms with Crippen molar-refractivity contribution in [2.75, 3.05) is 5.32 Å². The van der Waals surface area contributed by atoms with Crippen LogP contribution < -0.4 is 5.32 Å². The van der Waals surface area contributed by atoms with Crippen molar-refractivity contribution in [2.24, 2.45) is 0 Å². The van der Waals surface area contributed by atoms with E-state index in [1.54, 1.807) is 6.92 Å². The van der Waals surface area contributed by atoms with Gasteiger partial charge < -0.3 is 5.32 Å². The topological polar surface area (TPSA) is 32.3 Å². The molecule has 0 saturated heterocycles. The van der Waals surface area contributed by atoms with Crippen LogP contribution in [0.15, 0.2) is 18.2 Å². The first kappa shape index (κ1) is 13.1. The van der Waals surface area contributed by atoms with Crippen LogP contribution in [-0.4, -0.2) is 16.8 Å². The highest BCUT2D eigenvalue weighted by atomic mass is 16.1. The van der Waals surface area contributed by atoms with Gasteiger partial charge in [0.1, 0.15) is 0 Å². The van der Waals surface area contributed by atoms with Crippen LogP contribution in [0.3, 0.4) is 0 Å². The van der Waals surface area contributed by atoms with Crippen molar-refractivity contribution in [1.82, 2.24) is 4.90 Å². The molecule has 1 atom stereocenters. The molecule has 18 heavy (non-hydrogen) atoms. The predicted octanol–water partition coefficient (Wildman–Crippen LogP) is 3.15. The van der Waals surface area contributed by atoms with E-state index in [9.17, 15) is 4.79 Å². The van der Waals surface area contributed by atoms with Crippen molar-refractivity contribution >= 4 is 11.6 Å². The molecule has 1 N–H and O–H groups in total. The van der Waals surface area contributed by atoms with E-state index in [1.165, 1.54) is 24.0 Å². The summed E-state index contributed by atoms with van der Waals surface area (Å²) in [7, 11) is 0. The Bertz CT molecular complexity index is 442. The number of nitrogens with zero attached hydrogens (tertiary/aromatic N) is 1. The van der Waals surface area contributed by atoms with Crippen molar-refractivity contribution in [2.45, 2.75) is 52.7 Å². The van der Waals surface area contributed by atoms with Gasteiger partial charge in [0.25, 0.3) is 0 Å². The summed E-state index contributed by atoms with van der Waals surface area (Å²) in [5, 5.41) is 2.93. The summed E-state index contributed by atoms with van der Waals surface area (Å²) in [6.07, 6.45) is 2.44. The van der Waals surface area contributed by atoms with Gasteiger partial charge in [-0.05, 0) is 30.5 Å². The Kier molecular flexibility index (Phi) is 4.02. The van der Waals surface area contributed by atoms with Crippen LogP contribution in [0.25, 0.3) is 0 Å². The van der Waals surface area contributed by atoms with E-state index in [2.05, 4.69) is 30.1 Å². The number of rotatable bonds is 4. The monoisotopic (exact) mass is 246 g/mol. The van der Waals surface area contributed by atoms with Crippen LogP contribution in [0.5, 0.6) is 0 Å². The summed E-state index contributed by atoms with van der Waals surface area (Å²) in [6.45, 7) is 8.03. The molecule has 2 rings (SSSR count).